The van der Waals surface area contributed by atoms with Crippen LogP contribution in [-0.2, 0) is 5.60 Å². The van der Waals surface area contributed by atoms with Crippen LogP contribution in [0.15, 0.2) is 48.5 Å². The van der Waals surface area contributed by atoms with Crippen LogP contribution < -0.4 is 0 Å². The summed E-state index contributed by atoms with van der Waals surface area (Å²) in [6, 6.07) is 12.5. The number of hydrogen-bond acceptors (Lipinski definition) is 5. The van der Waals surface area contributed by atoms with E-state index in [0.29, 0.717) is 30.6 Å². The number of hydrogen-bond donors (Lipinski definition) is 3. The number of rotatable bonds is 4. The molecule has 5 nitrogen and oxygen atoms in total. The number of likely N-dealkylation sites (tertiary alicyclic amines) is 1. The third kappa shape index (κ3) is 3.38. The summed E-state index contributed by atoms with van der Waals surface area (Å²) in [5.74, 6) is -0.534. The molecule has 5 heteroatoms. The van der Waals surface area contributed by atoms with Crippen LogP contribution in [-0.4, -0.2) is 45.6 Å². The number of aromatic hydroxyl groups is 2. The fourth-order valence-electron chi connectivity index (χ4n) is 3.51. The van der Waals surface area contributed by atoms with Crippen LogP contribution in [0, 0.1) is 5.92 Å². The van der Waals surface area contributed by atoms with Crippen LogP contribution in [0.3, 0.4) is 0 Å². The number of Topliss-reactive ketones (excluding diaryl/α,β-unsaturated/α-hetero) is 1. The predicted molar refractivity (Wildman–Crippen MR) is 94.7 cm³/mol. The summed E-state index contributed by atoms with van der Waals surface area (Å²) in [7, 11) is 0. The van der Waals surface area contributed by atoms with E-state index in [0.717, 1.165) is 6.54 Å². The van der Waals surface area contributed by atoms with Crippen LogP contribution in [0.5, 0.6) is 11.5 Å². The highest BCUT2D eigenvalue weighted by atomic mass is 16.3. The van der Waals surface area contributed by atoms with Gasteiger partial charge in [0.2, 0.25) is 0 Å². The first-order chi connectivity index (χ1) is 11.9. The Bertz CT molecular complexity index is 741. The molecule has 0 bridgehead atoms. The Balaban J connectivity index is 1.98. The van der Waals surface area contributed by atoms with Crippen molar-refractivity contribution in [3.63, 3.8) is 0 Å². The van der Waals surface area contributed by atoms with Gasteiger partial charge in [0, 0.05) is 18.7 Å². The molecular weight excluding hydrogens is 318 g/mol. The van der Waals surface area contributed by atoms with Crippen molar-refractivity contribution in [1.82, 2.24) is 4.90 Å². The zero-order valence-electron chi connectivity index (χ0n) is 14.2. The van der Waals surface area contributed by atoms with E-state index in [1.807, 2.05) is 6.92 Å². The SMILES string of the molecule is CCN1CC[C@@](O)(c2ccc(O)cc2)[C@H](C(=O)c2ccc(O)cc2)C1. The second kappa shape index (κ2) is 6.86. The summed E-state index contributed by atoms with van der Waals surface area (Å²) >= 11 is 0. The molecule has 0 saturated carbocycles. The van der Waals surface area contributed by atoms with Crippen LogP contribution in [0.1, 0.15) is 29.3 Å². The highest BCUT2D eigenvalue weighted by Gasteiger charge is 2.46. The molecule has 1 aliphatic rings. The topological polar surface area (TPSA) is 81.0 Å². The Morgan fingerprint density at radius 3 is 2.20 bits per heavy atom. The monoisotopic (exact) mass is 341 g/mol. The second-order valence-corrected chi connectivity index (χ2v) is 6.58. The largest absolute Gasteiger partial charge is 0.508 e. The Morgan fingerprint density at radius 2 is 1.64 bits per heavy atom. The first-order valence-electron chi connectivity index (χ1n) is 8.51. The first kappa shape index (κ1) is 17.5. The van der Waals surface area contributed by atoms with Gasteiger partial charge in [0.05, 0.1) is 5.92 Å². The van der Waals surface area contributed by atoms with E-state index >= 15 is 0 Å². The number of piperidine rings is 1. The molecule has 25 heavy (non-hydrogen) atoms. The lowest BCUT2D eigenvalue weighted by atomic mass is 9.72. The number of phenols is 2. The van der Waals surface area contributed by atoms with Crippen molar-refractivity contribution in [3.8, 4) is 11.5 Å². The van der Waals surface area contributed by atoms with E-state index in [4.69, 9.17) is 0 Å². The van der Waals surface area contributed by atoms with E-state index in [1.165, 1.54) is 24.3 Å². The third-order valence-electron chi connectivity index (χ3n) is 5.11. The van der Waals surface area contributed by atoms with Gasteiger partial charge in [-0.1, -0.05) is 19.1 Å². The van der Waals surface area contributed by atoms with Gasteiger partial charge in [-0.3, -0.25) is 4.79 Å². The van der Waals surface area contributed by atoms with Crippen LogP contribution >= 0.6 is 0 Å². The van der Waals surface area contributed by atoms with Crippen LogP contribution in [0.25, 0.3) is 0 Å². The van der Waals surface area contributed by atoms with Crippen molar-refractivity contribution in [2.24, 2.45) is 5.92 Å². The zero-order valence-corrected chi connectivity index (χ0v) is 14.2. The van der Waals surface area contributed by atoms with Gasteiger partial charge in [0.15, 0.2) is 5.78 Å². The smallest absolute Gasteiger partial charge is 0.170 e. The molecule has 3 N–H and O–H groups in total. The molecule has 0 aromatic heterocycles. The van der Waals surface area contributed by atoms with Crippen molar-refractivity contribution < 1.29 is 20.1 Å². The Morgan fingerprint density at radius 1 is 1.08 bits per heavy atom. The lowest BCUT2D eigenvalue weighted by Crippen LogP contribution is -2.53. The summed E-state index contributed by atoms with van der Waals surface area (Å²) in [5.41, 5.74) is -0.176. The number of ketones is 1. The number of phenolic OH excluding ortho intramolecular Hbond substituents is 2. The lowest BCUT2D eigenvalue weighted by molar-refractivity contribution is -0.0632. The molecule has 0 amide bonds. The first-order valence-corrected chi connectivity index (χ1v) is 8.51. The molecule has 3 rings (SSSR count). The quantitative estimate of drug-likeness (QED) is 0.745. The van der Waals surface area contributed by atoms with Gasteiger partial charge in [0.1, 0.15) is 17.1 Å². The number of carbonyl (C=O) groups is 1. The molecule has 0 aliphatic carbocycles. The molecule has 132 valence electrons. The Kier molecular flexibility index (Phi) is 4.79. The minimum atomic E-state index is -1.28. The van der Waals surface area contributed by atoms with E-state index < -0.39 is 11.5 Å². The van der Waals surface area contributed by atoms with Crippen molar-refractivity contribution in [1.29, 1.82) is 0 Å². The highest BCUT2D eigenvalue weighted by molar-refractivity contribution is 5.99. The fourth-order valence-corrected chi connectivity index (χ4v) is 3.51. The standard InChI is InChI=1S/C20H23NO4/c1-2-21-12-11-20(25,15-5-9-17(23)10-6-15)18(13-21)19(24)14-3-7-16(22)8-4-14/h3-10,18,22-23,25H,2,11-13H2,1H3/t18-,20+/m0/s1. The van der Waals surface area contributed by atoms with Gasteiger partial charge < -0.3 is 20.2 Å². The zero-order chi connectivity index (χ0) is 18.0. The summed E-state index contributed by atoms with van der Waals surface area (Å²) in [6.45, 7) is 4.01. The van der Waals surface area contributed by atoms with Crippen molar-refractivity contribution in [3.05, 3.63) is 59.7 Å². The minimum absolute atomic E-state index is 0.101. The molecule has 0 spiro atoms. The van der Waals surface area contributed by atoms with Gasteiger partial charge in [-0.25, -0.2) is 0 Å². The molecule has 1 aliphatic heterocycles. The van der Waals surface area contributed by atoms with Crippen molar-refractivity contribution in [2.75, 3.05) is 19.6 Å². The van der Waals surface area contributed by atoms with Crippen LogP contribution in [0.4, 0.5) is 0 Å². The normalized spacial score (nSPS) is 24.2. The van der Waals surface area contributed by atoms with E-state index in [9.17, 15) is 20.1 Å². The molecule has 1 heterocycles. The molecule has 2 aromatic rings. The van der Waals surface area contributed by atoms with Gasteiger partial charge in [0.25, 0.3) is 0 Å². The summed E-state index contributed by atoms with van der Waals surface area (Å²) in [6.07, 6.45) is 0.445. The Labute approximate surface area is 147 Å². The maximum absolute atomic E-state index is 13.1. The van der Waals surface area contributed by atoms with Gasteiger partial charge in [-0.05, 0) is 54.9 Å². The molecule has 0 unspecified atom stereocenters. The molecule has 0 radical (unpaired) electrons. The highest BCUT2D eigenvalue weighted by Crippen LogP contribution is 2.39. The maximum atomic E-state index is 13.1. The fraction of sp³-hybridized carbons (Fsp3) is 0.350. The Hall–Kier alpha value is -2.37. The van der Waals surface area contributed by atoms with Gasteiger partial charge in [-0.2, -0.15) is 0 Å². The molecule has 2 atom stereocenters. The number of nitrogens with zero attached hydrogens (tertiary/aromatic N) is 1. The number of benzene rings is 2. The van der Waals surface area contributed by atoms with Gasteiger partial charge >= 0.3 is 0 Å². The lowest BCUT2D eigenvalue weighted by Gasteiger charge is -2.44. The predicted octanol–water partition coefficient (Wildman–Crippen LogP) is 2.51. The summed E-state index contributed by atoms with van der Waals surface area (Å²) in [4.78, 5) is 15.3. The number of aliphatic hydroxyl groups is 1. The minimum Gasteiger partial charge on any atom is -0.508 e. The molecule has 1 saturated heterocycles. The molecule has 2 aromatic carbocycles. The van der Waals surface area contributed by atoms with E-state index in [2.05, 4.69) is 4.90 Å². The van der Waals surface area contributed by atoms with E-state index in [-0.39, 0.29) is 17.3 Å². The summed E-state index contributed by atoms with van der Waals surface area (Å²) < 4.78 is 0. The number of carbonyl (C=O) groups excluding carboxylic acids is 1. The van der Waals surface area contributed by atoms with Crippen LogP contribution in [0.2, 0.25) is 0 Å². The average molecular weight is 341 g/mol. The second-order valence-electron chi connectivity index (χ2n) is 6.58. The summed E-state index contributed by atoms with van der Waals surface area (Å²) in [5, 5.41) is 30.4. The van der Waals surface area contributed by atoms with Crippen molar-refractivity contribution in [2.45, 2.75) is 18.9 Å². The molecule has 1 fully saturated rings. The maximum Gasteiger partial charge on any atom is 0.170 e. The molecular formula is C20H23NO4. The van der Waals surface area contributed by atoms with Gasteiger partial charge in [-0.15, -0.1) is 0 Å². The third-order valence-corrected chi connectivity index (χ3v) is 5.11. The average Bonchev–Trinajstić information content (AvgIpc) is 2.62. The van der Waals surface area contributed by atoms with Crippen molar-refractivity contribution >= 4 is 5.78 Å². The van der Waals surface area contributed by atoms with E-state index in [1.54, 1.807) is 24.3 Å².